The van der Waals surface area contributed by atoms with Crippen molar-refractivity contribution in [2.75, 3.05) is 31.6 Å². The molecule has 2 aliphatic rings. The Morgan fingerprint density at radius 2 is 2.03 bits per heavy atom. The quantitative estimate of drug-likeness (QED) is 0.653. The molecule has 2 aliphatic heterocycles. The molecule has 168 valence electrons. The molecule has 0 atom stereocenters. The molecule has 0 aliphatic carbocycles. The van der Waals surface area contributed by atoms with Crippen molar-refractivity contribution in [1.29, 1.82) is 0 Å². The second kappa shape index (κ2) is 9.54. The molecule has 2 fully saturated rings. The van der Waals surface area contributed by atoms with Crippen LogP contribution < -0.4 is 20.3 Å². The number of piperidine rings is 1. The van der Waals surface area contributed by atoms with E-state index in [1.54, 1.807) is 12.1 Å². The summed E-state index contributed by atoms with van der Waals surface area (Å²) >= 11 is 0.837. The van der Waals surface area contributed by atoms with Crippen LogP contribution in [0.25, 0.3) is 6.08 Å². The first kappa shape index (κ1) is 22.9. The molecule has 2 saturated heterocycles. The van der Waals surface area contributed by atoms with E-state index in [0.29, 0.717) is 30.0 Å². The van der Waals surface area contributed by atoms with Crippen LogP contribution in [0.1, 0.15) is 39.3 Å². The van der Waals surface area contributed by atoms with Crippen molar-refractivity contribution in [2.24, 2.45) is 5.92 Å². The molecular weight excluding hydrogens is 422 g/mol. The van der Waals surface area contributed by atoms with Crippen LogP contribution in [0.15, 0.2) is 11.0 Å². The molecule has 1 aromatic heterocycles. The number of nitrogens with one attached hydrogen (secondary N) is 2. The van der Waals surface area contributed by atoms with Gasteiger partial charge < -0.3 is 19.7 Å². The monoisotopic (exact) mass is 449 g/mol. The SMILES string of the molecule is COc1cc(C=C2SC(=O)NC2=O)nc(N2CCC(CNC(=O)OC(C)(C)C)CC2)n1. The summed E-state index contributed by atoms with van der Waals surface area (Å²) in [6.45, 7) is 7.49. The van der Waals surface area contributed by atoms with Crippen molar-refractivity contribution < 1.29 is 23.9 Å². The lowest BCUT2D eigenvalue weighted by atomic mass is 9.97. The van der Waals surface area contributed by atoms with Gasteiger partial charge in [0.05, 0.1) is 17.7 Å². The Bertz CT molecular complexity index is 890. The Balaban J connectivity index is 1.61. The first-order valence-corrected chi connectivity index (χ1v) is 10.8. The van der Waals surface area contributed by atoms with Gasteiger partial charge >= 0.3 is 6.09 Å². The van der Waals surface area contributed by atoms with Crippen LogP contribution in [0.2, 0.25) is 0 Å². The Morgan fingerprint density at radius 3 is 2.61 bits per heavy atom. The summed E-state index contributed by atoms with van der Waals surface area (Å²) in [6.07, 6.45) is 2.87. The summed E-state index contributed by atoms with van der Waals surface area (Å²) in [4.78, 5) is 46.3. The number of ether oxygens (including phenoxy) is 2. The maximum atomic E-state index is 11.8. The van der Waals surface area contributed by atoms with Gasteiger partial charge in [-0.1, -0.05) is 0 Å². The number of aromatic nitrogens is 2. The van der Waals surface area contributed by atoms with Crippen LogP contribution in [0.4, 0.5) is 15.5 Å². The van der Waals surface area contributed by atoms with Gasteiger partial charge in [0.25, 0.3) is 11.1 Å². The molecule has 11 heteroatoms. The normalized spacial score (nSPS) is 18.8. The third-order valence-electron chi connectivity index (χ3n) is 4.67. The van der Waals surface area contributed by atoms with Gasteiger partial charge in [0.1, 0.15) is 5.60 Å². The van der Waals surface area contributed by atoms with E-state index in [1.165, 1.54) is 7.11 Å². The molecule has 0 saturated carbocycles. The molecule has 0 bridgehead atoms. The Morgan fingerprint density at radius 1 is 1.32 bits per heavy atom. The van der Waals surface area contributed by atoms with E-state index in [0.717, 1.165) is 37.7 Å². The number of nitrogens with zero attached hydrogens (tertiary/aromatic N) is 3. The molecule has 3 heterocycles. The summed E-state index contributed by atoms with van der Waals surface area (Å²) < 4.78 is 10.6. The van der Waals surface area contributed by atoms with Gasteiger partial charge in [0.15, 0.2) is 0 Å². The van der Waals surface area contributed by atoms with Gasteiger partial charge in [0, 0.05) is 25.7 Å². The first-order valence-electron chi connectivity index (χ1n) is 10.0. The number of hydrogen-bond acceptors (Lipinski definition) is 9. The molecule has 0 radical (unpaired) electrons. The van der Waals surface area contributed by atoms with Gasteiger partial charge in [-0.3, -0.25) is 14.9 Å². The van der Waals surface area contributed by atoms with Gasteiger partial charge in [-0.25, -0.2) is 9.78 Å². The molecule has 3 amide bonds. The molecule has 31 heavy (non-hydrogen) atoms. The molecule has 1 aromatic rings. The standard InChI is InChI=1S/C20H27N5O5S/c1-20(2,3)30-18(27)21-11-12-5-7-25(8-6-12)17-22-13(10-15(23-17)29-4)9-14-16(26)24-19(28)31-14/h9-10,12H,5-8,11H2,1-4H3,(H,21,27)(H,24,26,28). The highest BCUT2D eigenvalue weighted by atomic mass is 32.2. The van der Waals surface area contributed by atoms with Crippen molar-refractivity contribution in [3.05, 3.63) is 16.7 Å². The fraction of sp³-hybridized carbons (Fsp3) is 0.550. The maximum Gasteiger partial charge on any atom is 0.407 e. The van der Waals surface area contributed by atoms with Crippen LogP contribution in [0.3, 0.4) is 0 Å². The van der Waals surface area contributed by atoms with Crippen molar-refractivity contribution in [1.82, 2.24) is 20.6 Å². The van der Waals surface area contributed by atoms with Crippen molar-refractivity contribution >= 4 is 41.0 Å². The third kappa shape index (κ3) is 6.58. The number of methoxy groups -OCH3 is 1. The fourth-order valence-corrected chi connectivity index (χ4v) is 3.85. The summed E-state index contributed by atoms with van der Waals surface area (Å²) in [6, 6.07) is 1.62. The molecule has 0 unspecified atom stereocenters. The number of rotatable bonds is 5. The summed E-state index contributed by atoms with van der Waals surface area (Å²) in [7, 11) is 1.51. The third-order valence-corrected chi connectivity index (χ3v) is 5.48. The minimum atomic E-state index is -0.519. The molecule has 10 nitrogen and oxygen atoms in total. The smallest absolute Gasteiger partial charge is 0.407 e. The zero-order valence-corrected chi connectivity index (χ0v) is 18.9. The minimum absolute atomic E-state index is 0.281. The number of carbonyl (C=O) groups is 3. The lowest BCUT2D eigenvalue weighted by Crippen LogP contribution is -2.40. The average molecular weight is 450 g/mol. The number of carbonyl (C=O) groups excluding carboxylic acids is 3. The number of anilines is 1. The van der Waals surface area contributed by atoms with Gasteiger partial charge in [-0.15, -0.1) is 0 Å². The molecule has 0 spiro atoms. The van der Waals surface area contributed by atoms with Crippen LogP contribution >= 0.6 is 11.8 Å². The molecule has 0 aromatic carbocycles. The lowest BCUT2D eigenvalue weighted by Gasteiger charge is -2.32. The Labute approximate surface area is 185 Å². The lowest BCUT2D eigenvalue weighted by molar-refractivity contribution is -0.115. The first-order chi connectivity index (χ1) is 14.6. The Kier molecular flexibility index (Phi) is 7.04. The number of amides is 3. The predicted molar refractivity (Wildman–Crippen MR) is 117 cm³/mol. The van der Waals surface area contributed by atoms with E-state index in [4.69, 9.17) is 9.47 Å². The van der Waals surface area contributed by atoms with Crippen molar-refractivity contribution in [2.45, 2.75) is 39.2 Å². The van der Waals surface area contributed by atoms with Gasteiger partial charge in [-0.2, -0.15) is 4.98 Å². The van der Waals surface area contributed by atoms with Gasteiger partial charge in [0.2, 0.25) is 11.8 Å². The van der Waals surface area contributed by atoms with E-state index < -0.39 is 22.8 Å². The highest BCUT2D eigenvalue weighted by Crippen LogP contribution is 2.27. The zero-order chi connectivity index (χ0) is 22.6. The summed E-state index contributed by atoms with van der Waals surface area (Å²) in [5.41, 5.74) is -0.0299. The number of alkyl carbamates (subject to hydrolysis) is 1. The van der Waals surface area contributed by atoms with E-state index in [-0.39, 0.29) is 4.91 Å². The number of imide groups is 1. The van der Waals surface area contributed by atoms with Crippen molar-refractivity contribution in [3.8, 4) is 5.88 Å². The highest BCUT2D eigenvalue weighted by molar-refractivity contribution is 8.18. The molecule has 3 rings (SSSR count). The zero-order valence-electron chi connectivity index (χ0n) is 18.1. The maximum absolute atomic E-state index is 11.8. The second-order valence-electron chi connectivity index (χ2n) is 8.30. The van der Waals surface area contributed by atoms with Crippen LogP contribution in [0, 0.1) is 5.92 Å². The predicted octanol–water partition coefficient (Wildman–Crippen LogP) is 2.55. The Hall–Kier alpha value is -2.82. The van der Waals surface area contributed by atoms with E-state index >= 15 is 0 Å². The van der Waals surface area contributed by atoms with Crippen molar-refractivity contribution in [3.63, 3.8) is 0 Å². The van der Waals surface area contributed by atoms with Crippen LogP contribution in [-0.2, 0) is 9.53 Å². The highest BCUT2D eigenvalue weighted by Gasteiger charge is 2.26. The van der Waals surface area contributed by atoms with E-state index in [2.05, 4.69) is 20.6 Å². The second-order valence-corrected chi connectivity index (χ2v) is 9.32. The molecule has 2 N–H and O–H groups in total. The van der Waals surface area contributed by atoms with Gasteiger partial charge in [-0.05, 0) is 57.4 Å². The largest absolute Gasteiger partial charge is 0.481 e. The summed E-state index contributed by atoms with van der Waals surface area (Å²) in [5.74, 6) is 0.771. The van der Waals surface area contributed by atoms with Crippen LogP contribution in [0.5, 0.6) is 5.88 Å². The number of thioether (sulfide) groups is 1. The molecular formula is C20H27N5O5S. The average Bonchev–Trinajstić information content (AvgIpc) is 3.02. The topological polar surface area (TPSA) is 123 Å². The van der Waals surface area contributed by atoms with E-state index in [9.17, 15) is 14.4 Å². The number of hydrogen-bond donors (Lipinski definition) is 2. The summed E-state index contributed by atoms with van der Waals surface area (Å²) in [5, 5.41) is 4.65. The van der Waals surface area contributed by atoms with E-state index in [1.807, 2.05) is 25.7 Å². The minimum Gasteiger partial charge on any atom is -0.481 e. The van der Waals surface area contributed by atoms with Crippen LogP contribution in [-0.4, -0.2) is 59.6 Å². The fourth-order valence-electron chi connectivity index (χ4n) is 3.18.